The summed E-state index contributed by atoms with van der Waals surface area (Å²) >= 11 is 0. The van der Waals surface area contributed by atoms with E-state index in [4.69, 9.17) is 9.94 Å². The predicted octanol–water partition coefficient (Wildman–Crippen LogP) is 2.05. The maximum absolute atomic E-state index is 11.1. The number of amides is 1. The van der Waals surface area contributed by atoms with Gasteiger partial charge in [-0.1, -0.05) is 30.3 Å². The molecule has 0 aliphatic rings. The van der Waals surface area contributed by atoms with Gasteiger partial charge in [-0.05, 0) is 30.0 Å². The highest BCUT2D eigenvalue weighted by Gasteiger charge is 2.21. The van der Waals surface area contributed by atoms with Crippen LogP contribution in [0.4, 0.5) is 0 Å². The smallest absolute Gasteiger partial charge is 0.267 e. The molecular formula is C17H19NO5. The second-order valence-corrected chi connectivity index (χ2v) is 4.92. The number of hydrogen-bond donors (Lipinski definition) is 4. The van der Waals surface area contributed by atoms with E-state index in [2.05, 4.69) is 0 Å². The average molecular weight is 317 g/mol. The Kier molecular flexibility index (Phi) is 5.70. The highest BCUT2D eigenvalue weighted by atomic mass is 16.5. The largest absolute Gasteiger partial charge is 0.507 e. The fraction of sp³-hybridized carbons (Fsp3) is 0.235. The number of fused-ring (bicyclic) bond motifs is 1. The topological polar surface area (TPSA) is 99.0 Å². The van der Waals surface area contributed by atoms with Crippen molar-refractivity contribution in [3.05, 3.63) is 54.1 Å². The highest BCUT2D eigenvalue weighted by molar-refractivity contribution is 5.91. The summed E-state index contributed by atoms with van der Waals surface area (Å²) in [6, 6.07) is 10.3. The van der Waals surface area contributed by atoms with Gasteiger partial charge < -0.3 is 14.9 Å². The van der Waals surface area contributed by atoms with Gasteiger partial charge in [0, 0.05) is 18.1 Å². The number of hydroxylamine groups is 1. The van der Waals surface area contributed by atoms with Crippen molar-refractivity contribution in [2.24, 2.45) is 0 Å². The zero-order valence-corrected chi connectivity index (χ0v) is 12.6. The van der Waals surface area contributed by atoms with E-state index in [-0.39, 0.29) is 5.75 Å². The van der Waals surface area contributed by atoms with Crippen molar-refractivity contribution in [3.8, 4) is 5.75 Å². The maximum atomic E-state index is 11.1. The number of phenols is 1. The molecule has 2 atom stereocenters. The van der Waals surface area contributed by atoms with Gasteiger partial charge in [0.2, 0.25) is 0 Å². The Morgan fingerprint density at radius 2 is 1.96 bits per heavy atom. The molecule has 0 aromatic heterocycles. The molecule has 0 radical (unpaired) electrons. The van der Waals surface area contributed by atoms with Gasteiger partial charge in [-0.3, -0.25) is 10.0 Å². The van der Waals surface area contributed by atoms with Gasteiger partial charge in [0.15, 0.2) is 0 Å². The van der Waals surface area contributed by atoms with Crippen LogP contribution in [0.3, 0.4) is 0 Å². The third-order valence-corrected chi connectivity index (χ3v) is 3.47. The number of benzene rings is 2. The lowest BCUT2D eigenvalue weighted by Gasteiger charge is -2.22. The van der Waals surface area contributed by atoms with Crippen LogP contribution in [0.15, 0.2) is 48.6 Å². The lowest BCUT2D eigenvalue weighted by atomic mass is 9.96. The Labute approximate surface area is 133 Å². The highest BCUT2D eigenvalue weighted by Crippen LogP contribution is 2.32. The van der Waals surface area contributed by atoms with Crippen LogP contribution in [-0.2, 0) is 9.53 Å². The molecule has 0 saturated carbocycles. The van der Waals surface area contributed by atoms with E-state index in [0.717, 1.165) is 6.08 Å². The lowest BCUT2D eigenvalue weighted by molar-refractivity contribution is -0.124. The predicted molar refractivity (Wildman–Crippen MR) is 85.1 cm³/mol. The molecule has 0 aliphatic carbocycles. The fourth-order valence-electron chi connectivity index (χ4n) is 2.41. The van der Waals surface area contributed by atoms with E-state index >= 15 is 0 Å². The van der Waals surface area contributed by atoms with Crippen molar-refractivity contribution in [1.82, 2.24) is 5.48 Å². The molecule has 0 saturated heterocycles. The molecule has 0 unspecified atom stereocenters. The Bertz CT molecular complexity index is 713. The molecule has 122 valence electrons. The number of phenolic OH excluding ortho intramolecular Hbond substituents is 1. The molecule has 6 nitrogen and oxygen atoms in total. The Balaban J connectivity index is 2.40. The van der Waals surface area contributed by atoms with Crippen LogP contribution in [0.1, 0.15) is 18.6 Å². The molecule has 2 rings (SSSR count). The standard InChI is InChI=1S/C17H19NO5/c1-2-23-15(9-10-16(20)18-22)17(21)13-7-8-14(19)12-6-4-3-5-11(12)13/h3-10,15,17,19,21-22H,2H2,1H3,(H,18,20)/b10-9+/t15-,17-/m0/s1. The van der Waals surface area contributed by atoms with Crippen molar-refractivity contribution in [2.45, 2.75) is 19.1 Å². The van der Waals surface area contributed by atoms with E-state index in [1.807, 2.05) is 6.07 Å². The molecular weight excluding hydrogens is 298 g/mol. The summed E-state index contributed by atoms with van der Waals surface area (Å²) in [7, 11) is 0. The van der Waals surface area contributed by atoms with Crippen LogP contribution in [0, 0.1) is 0 Å². The van der Waals surface area contributed by atoms with Gasteiger partial charge in [-0.2, -0.15) is 0 Å². The average Bonchev–Trinajstić information content (AvgIpc) is 2.58. The summed E-state index contributed by atoms with van der Waals surface area (Å²) in [5, 5.41) is 30.4. The van der Waals surface area contributed by atoms with Crippen LogP contribution in [0.5, 0.6) is 5.75 Å². The minimum absolute atomic E-state index is 0.125. The zero-order valence-electron chi connectivity index (χ0n) is 12.6. The van der Waals surface area contributed by atoms with E-state index in [1.54, 1.807) is 31.2 Å². The van der Waals surface area contributed by atoms with Gasteiger partial charge in [0.25, 0.3) is 5.91 Å². The Morgan fingerprint density at radius 3 is 2.61 bits per heavy atom. The monoisotopic (exact) mass is 317 g/mol. The number of aliphatic hydroxyl groups is 1. The van der Waals surface area contributed by atoms with Crippen molar-refractivity contribution in [1.29, 1.82) is 0 Å². The van der Waals surface area contributed by atoms with E-state index < -0.39 is 18.1 Å². The molecule has 0 fully saturated rings. The SMILES string of the molecule is CCO[C@@H](/C=C/C(=O)NO)[C@@H](O)c1ccc(O)c2ccccc12. The van der Waals surface area contributed by atoms with Crippen molar-refractivity contribution >= 4 is 16.7 Å². The van der Waals surface area contributed by atoms with E-state index in [9.17, 15) is 15.0 Å². The summed E-state index contributed by atoms with van der Waals surface area (Å²) in [5.41, 5.74) is 2.06. The van der Waals surface area contributed by atoms with Gasteiger partial charge in [-0.15, -0.1) is 0 Å². The number of aromatic hydroxyl groups is 1. The minimum Gasteiger partial charge on any atom is -0.507 e. The molecule has 23 heavy (non-hydrogen) atoms. The Morgan fingerprint density at radius 1 is 1.26 bits per heavy atom. The van der Waals surface area contributed by atoms with E-state index in [1.165, 1.54) is 17.6 Å². The van der Waals surface area contributed by atoms with Crippen molar-refractivity contribution in [2.75, 3.05) is 6.61 Å². The normalized spacial score (nSPS) is 14.0. The quantitative estimate of drug-likeness (QED) is 0.371. The minimum atomic E-state index is -1.04. The molecule has 6 heteroatoms. The summed E-state index contributed by atoms with van der Waals surface area (Å²) in [4.78, 5) is 11.1. The number of carbonyl (C=O) groups excluding carboxylic acids is 1. The summed E-state index contributed by atoms with van der Waals surface area (Å²) in [5.74, 6) is -0.586. The van der Waals surface area contributed by atoms with Gasteiger partial charge in [-0.25, -0.2) is 5.48 Å². The first-order chi connectivity index (χ1) is 11.1. The third kappa shape index (κ3) is 3.87. The molecule has 2 aromatic rings. The third-order valence-electron chi connectivity index (χ3n) is 3.47. The number of carbonyl (C=O) groups is 1. The molecule has 1 amide bonds. The first-order valence-corrected chi connectivity index (χ1v) is 7.21. The lowest BCUT2D eigenvalue weighted by Crippen LogP contribution is -2.22. The van der Waals surface area contributed by atoms with Crippen molar-refractivity contribution < 1.29 is 25.0 Å². The molecule has 0 heterocycles. The summed E-state index contributed by atoms with van der Waals surface area (Å²) < 4.78 is 5.47. The zero-order chi connectivity index (χ0) is 16.8. The summed E-state index contributed by atoms with van der Waals surface area (Å²) in [6.07, 6.45) is 0.654. The maximum Gasteiger partial charge on any atom is 0.267 e. The fourth-order valence-corrected chi connectivity index (χ4v) is 2.41. The second-order valence-electron chi connectivity index (χ2n) is 4.92. The molecule has 4 N–H and O–H groups in total. The molecule has 0 aliphatic heterocycles. The van der Waals surface area contributed by atoms with Gasteiger partial charge in [0.05, 0.1) is 0 Å². The van der Waals surface area contributed by atoms with Crippen LogP contribution in [0.2, 0.25) is 0 Å². The number of ether oxygens (including phenoxy) is 1. The first-order valence-electron chi connectivity index (χ1n) is 7.21. The first kappa shape index (κ1) is 17.0. The molecule has 0 bridgehead atoms. The van der Waals surface area contributed by atoms with Crippen LogP contribution >= 0.6 is 0 Å². The van der Waals surface area contributed by atoms with Crippen molar-refractivity contribution in [3.63, 3.8) is 0 Å². The molecule has 2 aromatic carbocycles. The van der Waals surface area contributed by atoms with E-state index in [0.29, 0.717) is 22.9 Å². The number of hydrogen-bond acceptors (Lipinski definition) is 5. The Hall–Kier alpha value is -2.41. The van der Waals surface area contributed by atoms with Gasteiger partial charge in [0.1, 0.15) is 18.0 Å². The number of aliphatic hydroxyl groups excluding tert-OH is 1. The molecule has 0 spiro atoms. The second kappa shape index (κ2) is 7.73. The number of nitrogens with one attached hydrogen (secondary N) is 1. The van der Waals surface area contributed by atoms with Crippen LogP contribution < -0.4 is 5.48 Å². The summed E-state index contributed by atoms with van der Waals surface area (Å²) in [6.45, 7) is 2.11. The van der Waals surface area contributed by atoms with Gasteiger partial charge >= 0.3 is 0 Å². The van der Waals surface area contributed by atoms with Crippen LogP contribution in [0.25, 0.3) is 10.8 Å². The number of rotatable bonds is 6. The van der Waals surface area contributed by atoms with Crippen LogP contribution in [-0.4, -0.2) is 34.0 Å².